The normalized spacial score (nSPS) is 10.2. The highest BCUT2D eigenvalue weighted by atomic mass is 15.0. The molecule has 2 aromatic carbocycles. The van der Waals surface area contributed by atoms with Crippen LogP contribution in [0.15, 0.2) is 54.9 Å². The number of nitrogens with zero attached hydrogens (tertiary/aromatic N) is 3. The molecule has 0 atom stereocenters. The van der Waals surface area contributed by atoms with E-state index in [-0.39, 0.29) is 0 Å². The summed E-state index contributed by atoms with van der Waals surface area (Å²) in [5.74, 6) is 0.657. The Bertz CT molecular complexity index is 784. The largest absolute Gasteiger partial charge is 0.366 e. The van der Waals surface area contributed by atoms with Gasteiger partial charge < -0.3 is 5.32 Å². The third kappa shape index (κ3) is 2.43. The van der Waals surface area contributed by atoms with Gasteiger partial charge in [-0.05, 0) is 16.3 Å². The maximum atomic E-state index is 8.82. The van der Waals surface area contributed by atoms with Crippen molar-refractivity contribution in [3.05, 3.63) is 66.1 Å². The summed E-state index contributed by atoms with van der Waals surface area (Å²) in [5.41, 5.74) is 1.56. The third-order valence-corrected chi connectivity index (χ3v) is 3.12. The highest BCUT2D eigenvalue weighted by Gasteiger charge is 2.01. The molecule has 20 heavy (non-hydrogen) atoms. The lowest BCUT2D eigenvalue weighted by molar-refractivity contribution is 1.08. The molecule has 4 nitrogen and oxygen atoms in total. The summed E-state index contributed by atoms with van der Waals surface area (Å²) < 4.78 is 0. The zero-order valence-corrected chi connectivity index (χ0v) is 10.7. The van der Waals surface area contributed by atoms with Gasteiger partial charge in [-0.1, -0.05) is 42.5 Å². The second-order valence-electron chi connectivity index (χ2n) is 4.39. The van der Waals surface area contributed by atoms with E-state index in [9.17, 15) is 0 Å². The number of anilines is 1. The maximum Gasteiger partial charge on any atom is 0.145 e. The number of hydrogen-bond acceptors (Lipinski definition) is 4. The van der Waals surface area contributed by atoms with E-state index in [2.05, 4.69) is 39.6 Å². The molecule has 96 valence electrons. The molecule has 3 rings (SSSR count). The van der Waals surface area contributed by atoms with Gasteiger partial charge in [-0.15, -0.1) is 0 Å². The van der Waals surface area contributed by atoms with Gasteiger partial charge >= 0.3 is 0 Å². The Balaban J connectivity index is 1.85. The van der Waals surface area contributed by atoms with Crippen molar-refractivity contribution in [1.82, 2.24) is 9.97 Å². The van der Waals surface area contributed by atoms with E-state index in [0.29, 0.717) is 18.1 Å². The smallest absolute Gasteiger partial charge is 0.145 e. The summed E-state index contributed by atoms with van der Waals surface area (Å²) in [7, 11) is 0. The van der Waals surface area contributed by atoms with Crippen molar-refractivity contribution in [2.75, 3.05) is 5.32 Å². The van der Waals surface area contributed by atoms with E-state index in [1.54, 1.807) is 6.07 Å². The first kappa shape index (κ1) is 12.1. The summed E-state index contributed by atoms with van der Waals surface area (Å²) in [4.78, 5) is 7.96. The summed E-state index contributed by atoms with van der Waals surface area (Å²) in [6, 6.07) is 18.1. The van der Waals surface area contributed by atoms with Crippen LogP contribution in [0.5, 0.6) is 0 Å². The summed E-state index contributed by atoms with van der Waals surface area (Å²) in [5, 5.41) is 14.5. The Hall–Kier alpha value is -2.93. The summed E-state index contributed by atoms with van der Waals surface area (Å²) >= 11 is 0. The van der Waals surface area contributed by atoms with Gasteiger partial charge in [0, 0.05) is 12.6 Å². The molecule has 0 aliphatic heterocycles. The quantitative estimate of drug-likeness (QED) is 0.786. The minimum absolute atomic E-state index is 0.361. The van der Waals surface area contributed by atoms with Crippen LogP contribution in [0.4, 0.5) is 5.82 Å². The number of nitriles is 1. The molecule has 0 spiro atoms. The molecular formula is C16H12N4. The second-order valence-corrected chi connectivity index (χ2v) is 4.39. The topological polar surface area (TPSA) is 61.6 Å². The molecule has 3 aromatic rings. The van der Waals surface area contributed by atoms with Gasteiger partial charge in [0.25, 0.3) is 0 Å². The van der Waals surface area contributed by atoms with Crippen LogP contribution in [0.2, 0.25) is 0 Å². The van der Waals surface area contributed by atoms with Gasteiger partial charge in [-0.3, -0.25) is 0 Å². The molecule has 0 saturated carbocycles. The van der Waals surface area contributed by atoms with E-state index in [1.165, 1.54) is 22.7 Å². The minimum Gasteiger partial charge on any atom is -0.366 e. The van der Waals surface area contributed by atoms with Crippen LogP contribution in [0, 0.1) is 11.3 Å². The predicted molar refractivity (Wildman–Crippen MR) is 78.0 cm³/mol. The first-order valence-corrected chi connectivity index (χ1v) is 6.29. The van der Waals surface area contributed by atoms with Gasteiger partial charge in [-0.2, -0.15) is 5.26 Å². The average molecular weight is 260 g/mol. The Morgan fingerprint density at radius 3 is 2.80 bits per heavy atom. The van der Waals surface area contributed by atoms with Crippen molar-refractivity contribution < 1.29 is 0 Å². The minimum atomic E-state index is 0.361. The van der Waals surface area contributed by atoms with Crippen LogP contribution < -0.4 is 5.32 Å². The van der Waals surface area contributed by atoms with E-state index >= 15 is 0 Å². The first-order valence-electron chi connectivity index (χ1n) is 6.29. The van der Waals surface area contributed by atoms with E-state index in [0.717, 1.165) is 0 Å². The number of nitrogens with one attached hydrogen (secondary N) is 1. The van der Waals surface area contributed by atoms with Crippen molar-refractivity contribution in [2.45, 2.75) is 6.54 Å². The Labute approximate surface area is 116 Å². The van der Waals surface area contributed by atoms with Crippen LogP contribution in [0.3, 0.4) is 0 Å². The molecule has 0 amide bonds. The molecular weight excluding hydrogens is 248 g/mol. The molecule has 1 N–H and O–H groups in total. The monoisotopic (exact) mass is 260 g/mol. The van der Waals surface area contributed by atoms with Crippen LogP contribution >= 0.6 is 0 Å². The zero-order valence-electron chi connectivity index (χ0n) is 10.7. The number of aromatic nitrogens is 2. The fourth-order valence-corrected chi connectivity index (χ4v) is 2.15. The standard InChI is InChI=1S/C16H12N4/c17-9-14-8-16(20-11-19-14)18-10-13-6-3-5-12-4-1-2-7-15(12)13/h1-8,11H,10H2,(H,18,19,20). The molecule has 0 unspecified atom stereocenters. The second kappa shape index (κ2) is 5.37. The van der Waals surface area contributed by atoms with Crippen LogP contribution in [0.25, 0.3) is 10.8 Å². The first-order chi connectivity index (χ1) is 9.86. The lowest BCUT2D eigenvalue weighted by atomic mass is 10.0. The molecule has 0 saturated heterocycles. The van der Waals surface area contributed by atoms with Crippen molar-refractivity contribution in [3.63, 3.8) is 0 Å². The van der Waals surface area contributed by atoms with Crippen molar-refractivity contribution >= 4 is 16.6 Å². The molecule has 0 aliphatic carbocycles. The van der Waals surface area contributed by atoms with E-state index in [4.69, 9.17) is 5.26 Å². The zero-order chi connectivity index (χ0) is 13.8. The van der Waals surface area contributed by atoms with Crippen molar-refractivity contribution in [1.29, 1.82) is 5.26 Å². The van der Waals surface area contributed by atoms with E-state index < -0.39 is 0 Å². The lowest BCUT2D eigenvalue weighted by Crippen LogP contribution is -2.02. The highest BCUT2D eigenvalue weighted by Crippen LogP contribution is 2.19. The van der Waals surface area contributed by atoms with Crippen LogP contribution in [-0.2, 0) is 6.54 Å². The van der Waals surface area contributed by atoms with Crippen molar-refractivity contribution in [2.24, 2.45) is 0 Å². The fourth-order valence-electron chi connectivity index (χ4n) is 2.15. The number of fused-ring (bicyclic) bond motifs is 1. The molecule has 0 bridgehead atoms. The molecule has 0 fully saturated rings. The van der Waals surface area contributed by atoms with Crippen LogP contribution in [-0.4, -0.2) is 9.97 Å². The lowest BCUT2D eigenvalue weighted by Gasteiger charge is -2.08. The predicted octanol–water partition coefficient (Wildman–Crippen LogP) is 3.11. The summed E-state index contributed by atoms with van der Waals surface area (Å²) in [6.07, 6.45) is 1.39. The molecule has 1 aromatic heterocycles. The number of rotatable bonds is 3. The SMILES string of the molecule is N#Cc1cc(NCc2cccc3ccccc23)ncn1. The Kier molecular flexibility index (Phi) is 3.25. The van der Waals surface area contributed by atoms with Gasteiger partial charge in [0.1, 0.15) is 23.9 Å². The fraction of sp³-hybridized carbons (Fsp3) is 0.0625. The Morgan fingerprint density at radius 1 is 1.05 bits per heavy atom. The van der Waals surface area contributed by atoms with E-state index in [1.807, 2.05) is 24.3 Å². The third-order valence-electron chi connectivity index (χ3n) is 3.12. The molecule has 4 heteroatoms. The van der Waals surface area contributed by atoms with Gasteiger partial charge in [-0.25, -0.2) is 9.97 Å². The number of benzene rings is 2. The highest BCUT2D eigenvalue weighted by molar-refractivity contribution is 5.85. The average Bonchev–Trinajstić information content (AvgIpc) is 2.53. The maximum absolute atomic E-state index is 8.82. The molecule has 1 heterocycles. The van der Waals surface area contributed by atoms with Crippen molar-refractivity contribution in [3.8, 4) is 6.07 Å². The Morgan fingerprint density at radius 2 is 1.90 bits per heavy atom. The van der Waals surface area contributed by atoms with Gasteiger partial charge in [0.15, 0.2) is 0 Å². The summed E-state index contributed by atoms with van der Waals surface area (Å²) in [6.45, 7) is 0.656. The molecule has 0 aliphatic rings. The molecule has 0 radical (unpaired) electrons. The number of hydrogen-bond donors (Lipinski definition) is 1. The van der Waals surface area contributed by atoms with Gasteiger partial charge in [0.05, 0.1) is 0 Å². The van der Waals surface area contributed by atoms with Crippen LogP contribution in [0.1, 0.15) is 11.3 Å². The van der Waals surface area contributed by atoms with Gasteiger partial charge in [0.2, 0.25) is 0 Å².